The van der Waals surface area contributed by atoms with Gasteiger partial charge >= 0.3 is 0 Å². The molecule has 0 bridgehead atoms. The van der Waals surface area contributed by atoms with Gasteiger partial charge in [0.2, 0.25) is 0 Å². The molecule has 0 atom stereocenters. The molecule has 1 aromatic carbocycles. The maximum absolute atomic E-state index is 12.3. The van der Waals surface area contributed by atoms with E-state index in [1.165, 1.54) is 7.11 Å². The van der Waals surface area contributed by atoms with Gasteiger partial charge in [-0.05, 0) is 51.0 Å². The molecule has 0 radical (unpaired) electrons. The first-order chi connectivity index (χ1) is 8.07. The molecular formula is C13H21NO3S. The van der Waals surface area contributed by atoms with E-state index >= 15 is 0 Å². The Kier molecular flexibility index (Phi) is 4.08. The molecule has 2 N–H and O–H groups in total. The fourth-order valence-corrected chi connectivity index (χ4v) is 3.67. The fourth-order valence-electron chi connectivity index (χ4n) is 1.73. The van der Waals surface area contributed by atoms with Gasteiger partial charge in [0.05, 0.1) is 12.9 Å². The summed E-state index contributed by atoms with van der Waals surface area (Å²) in [5.74, 6) is 0.265. The van der Waals surface area contributed by atoms with E-state index in [4.69, 9.17) is 10.5 Å². The lowest BCUT2D eigenvalue weighted by molar-refractivity contribution is 0.402. The van der Waals surface area contributed by atoms with Crippen LogP contribution in [0.25, 0.3) is 0 Å². The molecule has 0 aliphatic carbocycles. The Hall–Kier alpha value is -1.07. The van der Waals surface area contributed by atoms with Crippen LogP contribution in [-0.2, 0) is 9.84 Å². The lowest BCUT2D eigenvalue weighted by atomic mass is 10.1. The second kappa shape index (κ2) is 4.90. The fraction of sp³-hybridized carbons (Fsp3) is 0.538. The monoisotopic (exact) mass is 271 g/mol. The van der Waals surface area contributed by atoms with Gasteiger partial charge in [0, 0.05) is 5.54 Å². The average molecular weight is 271 g/mol. The maximum Gasteiger partial charge on any atom is 0.183 e. The van der Waals surface area contributed by atoms with Crippen molar-refractivity contribution in [1.29, 1.82) is 0 Å². The smallest absolute Gasteiger partial charge is 0.183 e. The van der Waals surface area contributed by atoms with Crippen LogP contribution < -0.4 is 10.5 Å². The molecule has 0 spiro atoms. The predicted molar refractivity (Wildman–Crippen MR) is 72.8 cm³/mol. The van der Waals surface area contributed by atoms with E-state index in [0.717, 1.165) is 11.1 Å². The third-order valence-electron chi connectivity index (χ3n) is 2.68. The Morgan fingerprint density at radius 2 is 1.72 bits per heavy atom. The topological polar surface area (TPSA) is 69.4 Å². The molecular weight excluding hydrogens is 250 g/mol. The lowest BCUT2D eigenvalue weighted by Gasteiger charge is -2.20. The van der Waals surface area contributed by atoms with Crippen molar-refractivity contribution in [3.05, 3.63) is 23.3 Å². The second-order valence-electron chi connectivity index (χ2n) is 5.33. The third-order valence-corrected chi connectivity index (χ3v) is 4.79. The molecule has 5 heteroatoms. The first-order valence-electron chi connectivity index (χ1n) is 5.74. The van der Waals surface area contributed by atoms with Gasteiger partial charge in [-0.15, -0.1) is 0 Å². The minimum atomic E-state index is -3.45. The molecule has 0 fully saturated rings. The standard InChI is InChI=1S/C13H21NO3S/c1-9-6-11(17-5)12(7-10(9)2)18(15,16)8-13(3,4)14/h6-7H,8,14H2,1-5H3. The van der Waals surface area contributed by atoms with Crippen molar-refractivity contribution in [3.63, 3.8) is 0 Å². The first kappa shape index (κ1) is 15.0. The summed E-state index contributed by atoms with van der Waals surface area (Å²) in [5.41, 5.74) is 6.94. The summed E-state index contributed by atoms with van der Waals surface area (Å²) in [4.78, 5) is 0.214. The molecule has 0 amide bonds. The van der Waals surface area contributed by atoms with Gasteiger partial charge < -0.3 is 10.5 Å². The van der Waals surface area contributed by atoms with Crippen LogP contribution in [0.5, 0.6) is 5.75 Å². The molecule has 0 heterocycles. The van der Waals surface area contributed by atoms with Crippen LogP contribution in [0.3, 0.4) is 0 Å². The zero-order valence-electron chi connectivity index (χ0n) is 11.6. The third kappa shape index (κ3) is 3.46. The Morgan fingerprint density at radius 3 is 2.17 bits per heavy atom. The summed E-state index contributed by atoms with van der Waals surface area (Å²) in [6.07, 6.45) is 0. The van der Waals surface area contributed by atoms with Gasteiger partial charge in [0.25, 0.3) is 0 Å². The van der Waals surface area contributed by atoms with Crippen LogP contribution in [0.15, 0.2) is 17.0 Å². The SMILES string of the molecule is COc1cc(C)c(C)cc1S(=O)(=O)CC(C)(C)N. The number of ether oxygens (including phenoxy) is 1. The molecule has 18 heavy (non-hydrogen) atoms. The van der Waals surface area contributed by atoms with E-state index in [1.807, 2.05) is 13.8 Å². The molecule has 1 aromatic rings. The van der Waals surface area contributed by atoms with E-state index < -0.39 is 15.4 Å². The lowest BCUT2D eigenvalue weighted by Crippen LogP contribution is -2.39. The Balaban J connectivity index is 3.36. The van der Waals surface area contributed by atoms with Crippen LogP contribution in [0.1, 0.15) is 25.0 Å². The van der Waals surface area contributed by atoms with Gasteiger partial charge in [-0.3, -0.25) is 0 Å². The summed E-state index contributed by atoms with van der Waals surface area (Å²) in [6, 6.07) is 3.39. The number of sulfone groups is 1. The van der Waals surface area contributed by atoms with E-state index in [1.54, 1.807) is 26.0 Å². The van der Waals surface area contributed by atoms with Gasteiger partial charge in [0.15, 0.2) is 9.84 Å². The Morgan fingerprint density at radius 1 is 1.22 bits per heavy atom. The van der Waals surface area contributed by atoms with Gasteiger partial charge in [0.1, 0.15) is 10.6 Å². The first-order valence-corrected chi connectivity index (χ1v) is 7.39. The highest BCUT2D eigenvalue weighted by Gasteiger charge is 2.27. The number of hydrogen-bond acceptors (Lipinski definition) is 4. The van der Waals surface area contributed by atoms with Crippen molar-refractivity contribution in [2.75, 3.05) is 12.9 Å². The molecule has 0 aromatic heterocycles. The summed E-state index contributed by atoms with van der Waals surface area (Å²) < 4.78 is 29.8. The molecule has 0 unspecified atom stereocenters. The molecule has 102 valence electrons. The minimum absolute atomic E-state index is 0.112. The van der Waals surface area contributed by atoms with E-state index in [9.17, 15) is 8.42 Å². The van der Waals surface area contributed by atoms with Crippen LogP contribution in [0, 0.1) is 13.8 Å². The number of benzene rings is 1. The van der Waals surface area contributed by atoms with Crippen LogP contribution in [-0.4, -0.2) is 26.8 Å². The highest BCUT2D eigenvalue weighted by Crippen LogP contribution is 2.29. The maximum atomic E-state index is 12.3. The largest absolute Gasteiger partial charge is 0.495 e. The van der Waals surface area contributed by atoms with Crippen molar-refractivity contribution < 1.29 is 13.2 Å². The minimum Gasteiger partial charge on any atom is -0.495 e. The molecule has 0 saturated carbocycles. The molecule has 1 rings (SSSR count). The van der Waals surface area contributed by atoms with Crippen LogP contribution in [0.4, 0.5) is 0 Å². The summed E-state index contributed by atoms with van der Waals surface area (Å²) in [7, 11) is -1.98. The van der Waals surface area contributed by atoms with Crippen molar-refractivity contribution in [2.45, 2.75) is 38.1 Å². The molecule has 0 aliphatic heterocycles. The Bertz CT molecular complexity index is 542. The predicted octanol–water partition coefficient (Wildman–Crippen LogP) is 1.82. The van der Waals surface area contributed by atoms with E-state index in [-0.39, 0.29) is 10.6 Å². The van der Waals surface area contributed by atoms with Gasteiger partial charge in [-0.25, -0.2) is 8.42 Å². The highest BCUT2D eigenvalue weighted by molar-refractivity contribution is 7.91. The van der Waals surface area contributed by atoms with Crippen LogP contribution in [0.2, 0.25) is 0 Å². The quantitative estimate of drug-likeness (QED) is 0.907. The van der Waals surface area contributed by atoms with Gasteiger partial charge in [-0.1, -0.05) is 0 Å². The average Bonchev–Trinajstić information content (AvgIpc) is 2.17. The summed E-state index contributed by atoms with van der Waals surface area (Å²) >= 11 is 0. The number of rotatable bonds is 4. The normalized spacial score (nSPS) is 12.6. The van der Waals surface area contributed by atoms with Crippen LogP contribution >= 0.6 is 0 Å². The molecule has 4 nitrogen and oxygen atoms in total. The van der Waals surface area contributed by atoms with Crippen molar-refractivity contribution >= 4 is 9.84 Å². The van der Waals surface area contributed by atoms with Crippen molar-refractivity contribution in [1.82, 2.24) is 0 Å². The molecule has 0 aliphatic rings. The highest BCUT2D eigenvalue weighted by atomic mass is 32.2. The zero-order valence-corrected chi connectivity index (χ0v) is 12.4. The number of nitrogens with two attached hydrogens (primary N) is 1. The summed E-state index contributed by atoms with van der Waals surface area (Å²) in [6.45, 7) is 7.18. The molecule has 0 saturated heterocycles. The second-order valence-corrected chi connectivity index (χ2v) is 7.29. The number of hydrogen-bond donors (Lipinski definition) is 1. The van der Waals surface area contributed by atoms with E-state index in [2.05, 4.69) is 0 Å². The van der Waals surface area contributed by atoms with Gasteiger partial charge in [-0.2, -0.15) is 0 Å². The number of methoxy groups -OCH3 is 1. The van der Waals surface area contributed by atoms with Crippen molar-refractivity contribution in [2.24, 2.45) is 5.73 Å². The number of aryl methyl sites for hydroxylation is 2. The van der Waals surface area contributed by atoms with E-state index in [0.29, 0.717) is 5.75 Å². The Labute approximate surface area is 109 Å². The summed E-state index contributed by atoms with van der Waals surface area (Å²) in [5, 5.41) is 0. The zero-order chi connectivity index (χ0) is 14.1. The van der Waals surface area contributed by atoms with Crippen molar-refractivity contribution in [3.8, 4) is 5.75 Å².